The lowest BCUT2D eigenvalue weighted by Gasteiger charge is -2.08. The fourth-order valence-electron chi connectivity index (χ4n) is 2.91. The van der Waals surface area contributed by atoms with E-state index in [-0.39, 0.29) is 0 Å². The number of furan rings is 1. The van der Waals surface area contributed by atoms with E-state index in [4.69, 9.17) is 4.42 Å². The van der Waals surface area contributed by atoms with Gasteiger partial charge in [0.15, 0.2) is 17.2 Å². The predicted molar refractivity (Wildman–Crippen MR) is 71.8 cm³/mol. The largest absolute Gasteiger partial charge is 0.458 e. The number of nitrogens with one attached hydrogen (secondary N) is 1. The fraction of sp³-hybridized carbons (Fsp3) is 0.429. The monoisotopic (exact) mass is 256 g/mol. The number of aromatic amines is 1. The van der Waals surface area contributed by atoms with Gasteiger partial charge in [-0.15, -0.1) is 0 Å². The van der Waals surface area contributed by atoms with Crippen molar-refractivity contribution in [2.75, 3.05) is 0 Å². The van der Waals surface area contributed by atoms with E-state index in [9.17, 15) is 0 Å². The average molecular weight is 256 g/mol. The number of hydrogen-bond donors (Lipinski definition) is 1. The predicted octanol–water partition coefficient (Wildman–Crippen LogP) is 3.44. The van der Waals surface area contributed by atoms with Crippen LogP contribution < -0.4 is 0 Å². The normalized spacial score (nSPS) is 16.7. The Kier molecular flexibility index (Phi) is 2.27. The summed E-state index contributed by atoms with van der Waals surface area (Å²) >= 11 is 0. The number of rotatable bonds is 2. The molecule has 5 heteroatoms. The Morgan fingerprint density at radius 1 is 1.32 bits per heavy atom. The zero-order chi connectivity index (χ0) is 12.8. The summed E-state index contributed by atoms with van der Waals surface area (Å²) < 4.78 is 7.68. The maximum absolute atomic E-state index is 5.61. The van der Waals surface area contributed by atoms with E-state index >= 15 is 0 Å². The molecule has 1 saturated carbocycles. The van der Waals surface area contributed by atoms with Crippen molar-refractivity contribution in [3.05, 3.63) is 24.1 Å². The second kappa shape index (κ2) is 3.98. The Balaban J connectivity index is 1.79. The van der Waals surface area contributed by atoms with E-state index in [1.165, 1.54) is 25.7 Å². The summed E-state index contributed by atoms with van der Waals surface area (Å²) in [7, 11) is 0. The Morgan fingerprint density at radius 3 is 2.89 bits per heavy atom. The van der Waals surface area contributed by atoms with Crippen molar-refractivity contribution in [3.8, 4) is 11.6 Å². The van der Waals surface area contributed by atoms with Crippen LogP contribution in [0.25, 0.3) is 22.7 Å². The van der Waals surface area contributed by atoms with Crippen LogP contribution in [0.2, 0.25) is 0 Å². The van der Waals surface area contributed by atoms with Crippen molar-refractivity contribution in [1.29, 1.82) is 0 Å². The van der Waals surface area contributed by atoms with Gasteiger partial charge < -0.3 is 9.40 Å². The molecule has 0 spiro atoms. The highest BCUT2D eigenvalue weighted by Crippen LogP contribution is 2.32. The molecule has 0 unspecified atom stereocenters. The van der Waals surface area contributed by atoms with Gasteiger partial charge in [0.05, 0.1) is 12.2 Å². The Hall–Kier alpha value is -2.04. The van der Waals surface area contributed by atoms with Gasteiger partial charge in [0.1, 0.15) is 11.3 Å². The summed E-state index contributed by atoms with van der Waals surface area (Å²) in [6.07, 6.45) is 6.86. The number of H-pyrrole nitrogens is 1. The molecule has 19 heavy (non-hydrogen) atoms. The first kappa shape index (κ1) is 10.8. The highest BCUT2D eigenvalue weighted by Gasteiger charge is 2.21. The molecule has 0 bridgehead atoms. The number of imidazole rings is 1. The van der Waals surface area contributed by atoms with Crippen LogP contribution in [0.4, 0.5) is 0 Å². The van der Waals surface area contributed by atoms with Crippen molar-refractivity contribution in [2.45, 2.75) is 38.6 Å². The van der Waals surface area contributed by atoms with Crippen LogP contribution in [0, 0.1) is 6.92 Å². The lowest BCUT2D eigenvalue weighted by Crippen LogP contribution is -2.06. The van der Waals surface area contributed by atoms with Crippen LogP contribution in [-0.4, -0.2) is 19.7 Å². The van der Waals surface area contributed by atoms with Gasteiger partial charge in [-0.2, -0.15) is 5.10 Å². The molecule has 0 amide bonds. The molecule has 98 valence electrons. The molecule has 0 aliphatic heterocycles. The van der Waals surface area contributed by atoms with Crippen molar-refractivity contribution >= 4 is 11.2 Å². The summed E-state index contributed by atoms with van der Waals surface area (Å²) in [4.78, 5) is 7.93. The lowest BCUT2D eigenvalue weighted by atomic mass is 10.2. The van der Waals surface area contributed by atoms with Gasteiger partial charge in [-0.05, 0) is 31.9 Å². The van der Waals surface area contributed by atoms with Gasteiger partial charge >= 0.3 is 0 Å². The Labute approximate surface area is 110 Å². The fourth-order valence-corrected chi connectivity index (χ4v) is 2.91. The summed E-state index contributed by atoms with van der Waals surface area (Å²) in [5, 5.41) is 4.47. The molecule has 3 heterocycles. The van der Waals surface area contributed by atoms with Crippen molar-refractivity contribution < 1.29 is 4.42 Å². The van der Waals surface area contributed by atoms with Crippen LogP contribution in [0.5, 0.6) is 0 Å². The minimum atomic E-state index is 0.506. The minimum Gasteiger partial charge on any atom is -0.458 e. The molecule has 1 N–H and O–H groups in total. The van der Waals surface area contributed by atoms with E-state index in [2.05, 4.69) is 19.7 Å². The maximum Gasteiger partial charge on any atom is 0.177 e. The van der Waals surface area contributed by atoms with Crippen LogP contribution in [-0.2, 0) is 0 Å². The third kappa shape index (κ3) is 1.69. The van der Waals surface area contributed by atoms with Crippen LogP contribution in [0.1, 0.15) is 37.5 Å². The third-order valence-electron chi connectivity index (χ3n) is 3.88. The highest BCUT2D eigenvalue weighted by atomic mass is 16.3. The quantitative estimate of drug-likeness (QED) is 0.764. The van der Waals surface area contributed by atoms with Gasteiger partial charge in [-0.1, -0.05) is 12.8 Å². The SMILES string of the molecule is Cc1ccc(-c2nc3c(cnn3C3CCCC3)[nH]2)o1. The second-order valence-electron chi connectivity index (χ2n) is 5.26. The van der Waals surface area contributed by atoms with Crippen LogP contribution in [0.15, 0.2) is 22.7 Å². The molecule has 3 aromatic heterocycles. The molecule has 0 aromatic carbocycles. The van der Waals surface area contributed by atoms with E-state index in [1.807, 2.05) is 25.3 Å². The summed E-state index contributed by atoms with van der Waals surface area (Å²) in [6, 6.07) is 4.40. The molecule has 1 aliphatic rings. The molecular formula is C14H16N4O. The van der Waals surface area contributed by atoms with Crippen molar-refractivity contribution in [3.63, 3.8) is 0 Å². The van der Waals surface area contributed by atoms with Crippen molar-refractivity contribution in [2.24, 2.45) is 0 Å². The summed E-state index contributed by atoms with van der Waals surface area (Å²) in [5.74, 6) is 2.46. The number of aromatic nitrogens is 4. The number of aryl methyl sites for hydroxylation is 1. The first-order valence-electron chi connectivity index (χ1n) is 6.81. The molecule has 0 radical (unpaired) electrons. The van der Waals surface area contributed by atoms with Gasteiger partial charge in [0, 0.05) is 0 Å². The summed E-state index contributed by atoms with van der Waals surface area (Å²) in [6.45, 7) is 1.94. The highest BCUT2D eigenvalue weighted by molar-refractivity contribution is 5.74. The zero-order valence-corrected chi connectivity index (χ0v) is 10.9. The molecule has 4 rings (SSSR count). The zero-order valence-electron chi connectivity index (χ0n) is 10.9. The number of fused-ring (bicyclic) bond motifs is 1. The number of hydrogen-bond acceptors (Lipinski definition) is 3. The average Bonchev–Trinajstić information content (AvgIpc) is 3.11. The Bertz CT molecular complexity index is 715. The second-order valence-corrected chi connectivity index (χ2v) is 5.26. The van der Waals surface area contributed by atoms with Gasteiger partial charge in [-0.3, -0.25) is 0 Å². The van der Waals surface area contributed by atoms with E-state index in [0.29, 0.717) is 6.04 Å². The topological polar surface area (TPSA) is 59.6 Å². The van der Waals surface area contributed by atoms with Crippen LogP contribution in [0.3, 0.4) is 0 Å². The molecular weight excluding hydrogens is 240 g/mol. The molecule has 0 saturated heterocycles. The smallest absolute Gasteiger partial charge is 0.177 e. The van der Waals surface area contributed by atoms with Crippen LogP contribution >= 0.6 is 0 Å². The van der Waals surface area contributed by atoms with E-state index in [1.54, 1.807) is 0 Å². The molecule has 5 nitrogen and oxygen atoms in total. The Morgan fingerprint density at radius 2 is 2.16 bits per heavy atom. The van der Waals surface area contributed by atoms with E-state index < -0.39 is 0 Å². The molecule has 0 atom stereocenters. The third-order valence-corrected chi connectivity index (χ3v) is 3.88. The number of nitrogens with zero attached hydrogens (tertiary/aromatic N) is 3. The first-order chi connectivity index (χ1) is 9.31. The summed E-state index contributed by atoms with van der Waals surface area (Å²) in [5.41, 5.74) is 1.92. The first-order valence-corrected chi connectivity index (χ1v) is 6.81. The van der Waals surface area contributed by atoms with E-state index in [0.717, 1.165) is 28.5 Å². The molecule has 3 aromatic rings. The molecule has 1 aliphatic carbocycles. The molecule has 1 fully saturated rings. The van der Waals surface area contributed by atoms with Gasteiger partial charge in [-0.25, -0.2) is 9.67 Å². The van der Waals surface area contributed by atoms with Crippen molar-refractivity contribution in [1.82, 2.24) is 19.7 Å². The minimum absolute atomic E-state index is 0.506. The lowest BCUT2D eigenvalue weighted by molar-refractivity contribution is 0.478. The van der Waals surface area contributed by atoms with Gasteiger partial charge in [0.2, 0.25) is 0 Å². The maximum atomic E-state index is 5.61. The van der Waals surface area contributed by atoms with Gasteiger partial charge in [0.25, 0.3) is 0 Å². The standard InChI is InChI=1S/C14H16N4O/c1-9-6-7-12(19-9)13-16-11-8-15-18(14(11)17-13)10-4-2-3-5-10/h6-8,10H,2-5H2,1H3,(H,16,17).